The molecule has 2 N–H and O–H groups in total. The number of H-pyrrole nitrogens is 1. The quantitative estimate of drug-likeness (QED) is 0.455. The Morgan fingerprint density at radius 3 is 2.78 bits per heavy atom. The van der Waals surface area contributed by atoms with Crippen LogP contribution in [0.25, 0.3) is 22.2 Å². The van der Waals surface area contributed by atoms with Crippen molar-refractivity contribution in [3.63, 3.8) is 0 Å². The number of carboxylic acids is 1. The van der Waals surface area contributed by atoms with Gasteiger partial charge in [0.25, 0.3) is 6.01 Å². The molecule has 162 valence electrons. The lowest BCUT2D eigenvalue weighted by Gasteiger charge is -2.13. The number of benzene rings is 3. The zero-order chi connectivity index (χ0) is 22.6. The Kier molecular flexibility index (Phi) is 4.58. The molecule has 3 aromatic carbocycles. The van der Waals surface area contributed by atoms with E-state index in [-0.39, 0.29) is 33.9 Å². The fraction of sp³-hybridized carbons (Fsp3) is 0.167. The highest BCUT2D eigenvalue weighted by molar-refractivity contribution is 5.90. The third kappa shape index (κ3) is 3.24. The summed E-state index contributed by atoms with van der Waals surface area (Å²) in [7, 11) is 1.98. The predicted molar refractivity (Wildman–Crippen MR) is 117 cm³/mol. The van der Waals surface area contributed by atoms with E-state index in [4.69, 9.17) is 4.74 Å². The number of anilines is 1. The maximum Gasteiger partial charge on any atom is 0.336 e. The zero-order valence-electron chi connectivity index (χ0n) is 17.4. The van der Waals surface area contributed by atoms with Crippen LogP contribution in [0.5, 0.6) is 11.8 Å². The van der Waals surface area contributed by atoms with Gasteiger partial charge in [0.15, 0.2) is 5.82 Å². The van der Waals surface area contributed by atoms with Crippen molar-refractivity contribution in [1.29, 1.82) is 0 Å². The topological polar surface area (TPSA) is 78.5 Å². The van der Waals surface area contributed by atoms with Crippen molar-refractivity contribution in [3.8, 4) is 22.9 Å². The predicted octanol–water partition coefficient (Wildman–Crippen LogP) is 5.30. The average Bonchev–Trinajstić information content (AvgIpc) is 3.32. The number of aromatic carboxylic acids is 1. The highest BCUT2D eigenvalue weighted by atomic mass is 19.1. The molecule has 1 aliphatic heterocycles. The van der Waals surface area contributed by atoms with Crippen LogP contribution in [0.4, 0.5) is 14.5 Å². The Balaban J connectivity index is 1.54. The van der Waals surface area contributed by atoms with Gasteiger partial charge in [0.05, 0.1) is 16.6 Å². The number of hydrogen-bond donors (Lipinski definition) is 2. The fourth-order valence-corrected chi connectivity index (χ4v) is 4.10. The second-order valence-electron chi connectivity index (χ2n) is 7.88. The van der Waals surface area contributed by atoms with E-state index in [0.29, 0.717) is 11.1 Å². The minimum Gasteiger partial charge on any atom is -0.478 e. The molecule has 2 heterocycles. The molecule has 0 aliphatic carbocycles. The summed E-state index contributed by atoms with van der Waals surface area (Å²) in [5.74, 6) is -2.36. The van der Waals surface area contributed by atoms with E-state index in [9.17, 15) is 14.3 Å². The second kappa shape index (κ2) is 7.33. The summed E-state index contributed by atoms with van der Waals surface area (Å²) in [4.78, 5) is 20.3. The number of rotatable bonds is 4. The largest absolute Gasteiger partial charge is 0.478 e. The van der Waals surface area contributed by atoms with Crippen LogP contribution in [0.2, 0.25) is 0 Å². The number of carbonyl (C=O) groups is 1. The van der Waals surface area contributed by atoms with Gasteiger partial charge in [-0.3, -0.25) is 0 Å². The molecular weight excluding hydrogens is 416 g/mol. The summed E-state index contributed by atoms with van der Waals surface area (Å²) in [6, 6.07) is 11.1. The number of aryl methyl sites for hydroxylation is 1. The van der Waals surface area contributed by atoms with E-state index in [1.54, 1.807) is 25.1 Å². The van der Waals surface area contributed by atoms with Gasteiger partial charge in [0.1, 0.15) is 17.1 Å². The van der Waals surface area contributed by atoms with E-state index in [2.05, 4.69) is 14.9 Å². The molecule has 0 atom stereocenters. The van der Waals surface area contributed by atoms with Gasteiger partial charge in [0.2, 0.25) is 0 Å². The number of carboxylic acid groups (broad SMARTS) is 1. The van der Waals surface area contributed by atoms with Crippen LogP contribution in [0, 0.1) is 18.6 Å². The van der Waals surface area contributed by atoms with Gasteiger partial charge in [-0.25, -0.2) is 13.6 Å². The van der Waals surface area contributed by atoms with Crippen molar-refractivity contribution in [1.82, 2.24) is 9.97 Å². The number of aromatic amines is 1. The Morgan fingerprint density at radius 1 is 1.19 bits per heavy atom. The Labute approximate surface area is 182 Å². The third-order valence-electron chi connectivity index (χ3n) is 5.80. The molecule has 0 fully saturated rings. The smallest absolute Gasteiger partial charge is 0.336 e. The molecule has 0 saturated heterocycles. The van der Waals surface area contributed by atoms with Gasteiger partial charge in [0, 0.05) is 25.3 Å². The molecule has 0 unspecified atom stereocenters. The minimum atomic E-state index is -1.09. The number of imidazole rings is 1. The van der Waals surface area contributed by atoms with E-state index in [1.165, 1.54) is 12.1 Å². The first-order valence-electron chi connectivity index (χ1n) is 10.1. The molecule has 0 spiro atoms. The summed E-state index contributed by atoms with van der Waals surface area (Å²) >= 11 is 0. The zero-order valence-corrected chi connectivity index (χ0v) is 17.4. The molecule has 0 saturated carbocycles. The van der Waals surface area contributed by atoms with Crippen molar-refractivity contribution >= 4 is 22.7 Å². The Morgan fingerprint density at radius 2 is 2.00 bits per heavy atom. The SMILES string of the molecule is Cc1ccc(Oc2nc3c(F)c(-c4ccc5c(c4)CCN5C)c(F)cc3[nH]2)cc1C(=O)O. The first-order valence-corrected chi connectivity index (χ1v) is 10.1. The molecule has 1 aliphatic rings. The number of nitrogens with one attached hydrogen (secondary N) is 1. The van der Waals surface area contributed by atoms with Crippen molar-refractivity contribution in [3.05, 3.63) is 70.8 Å². The summed E-state index contributed by atoms with van der Waals surface area (Å²) in [6.07, 6.45) is 0.820. The average molecular weight is 435 g/mol. The van der Waals surface area contributed by atoms with E-state index in [0.717, 1.165) is 24.2 Å². The fourth-order valence-electron chi connectivity index (χ4n) is 4.10. The molecule has 6 nitrogen and oxygen atoms in total. The molecule has 32 heavy (non-hydrogen) atoms. The van der Waals surface area contributed by atoms with Gasteiger partial charge in [-0.2, -0.15) is 4.98 Å². The number of hydrogen-bond acceptors (Lipinski definition) is 4. The Bertz CT molecular complexity index is 1400. The van der Waals surface area contributed by atoms with Crippen molar-refractivity contribution in [2.75, 3.05) is 18.5 Å². The first-order chi connectivity index (χ1) is 15.3. The van der Waals surface area contributed by atoms with Crippen LogP contribution >= 0.6 is 0 Å². The van der Waals surface area contributed by atoms with E-state index in [1.807, 2.05) is 19.2 Å². The maximum absolute atomic E-state index is 15.4. The lowest BCUT2D eigenvalue weighted by Crippen LogP contribution is -2.12. The van der Waals surface area contributed by atoms with Crippen molar-refractivity contribution < 1.29 is 23.4 Å². The van der Waals surface area contributed by atoms with Crippen molar-refractivity contribution in [2.45, 2.75) is 13.3 Å². The number of ether oxygens (including phenoxy) is 1. The van der Waals surface area contributed by atoms with Gasteiger partial charge in [-0.15, -0.1) is 0 Å². The van der Waals surface area contributed by atoms with Crippen LogP contribution in [0.15, 0.2) is 42.5 Å². The van der Waals surface area contributed by atoms with Gasteiger partial charge in [-0.1, -0.05) is 12.1 Å². The van der Waals surface area contributed by atoms with Crippen LogP contribution in [-0.2, 0) is 6.42 Å². The maximum atomic E-state index is 15.4. The van der Waals surface area contributed by atoms with Crippen LogP contribution < -0.4 is 9.64 Å². The highest BCUT2D eigenvalue weighted by Crippen LogP contribution is 2.36. The number of likely N-dealkylation sites (N-methyl/N-ethyl adjacent to an activating group) is 1. The van der Waals surface area contributed by atoms with Crippen LogP contribution in [-0.4, -0.2) is 34.6 Å². The normalized spacial score (nSPS) is 12.9. The third-order valence-corrected chi connectivity index (χ3v) is 5.80. The number of halogens is 2. The van der Waals surface area contributed by atoms with Gasteiger partial charge < -0.3 is 19.7 Å². The molecular formula is C24H19F2N3O3. The molecule has 8 heteroatoms. The number of fused-ring (bicyclic) bond motifs is 2. The first kappa shape index (κ1) is 20.0. The summed E-state index contributed by atoms with van der Waals surface area (Å²) in [6.45, 7) is 2.54. The molecule has 0 bridgehead atoms. The standard InChI is InChI=1S/C24H19F2N3O3/c1-12-3-5-15(10-16(12)23(30)31)32-24-27-18-11-17(25)20(21(26)22(18)28-24)14-4-6-19-13(9-14)7-8-29(19)2/h3-6,9-11H,7-8H2,1-2H3,(H,27,28)(H,30,31). The summed E-state index contributed by atoms with van der Waals surface area (Å²) in [5, 5.41) is 9.28. The van der Waals surface area contributed by atoms with E-state index < -0.39 is 17.6 Å². The van der Waals surface area contributed by atoms with Crippen LogP contribution in [0.3, 0.4) is 0 Å². The lowest BCUT2D eigenvalue weighted by molar-refractivity contribution is 0.0695. The number of nitrogens with zero attached hydrogens (tertiary/aromatic N) is 2. The Hall–Kier alpha value is -3.94. The lowest BCUT2D eigenvalue weighted by atomic mass is 10.00. The molecule has 0 amide bonds. The molecule has 0 radical (unpaired) electrons. The summed E-state index contributed by atoms with van der Waals surface area (Å²) in [5.41, 5.74) is 3.16. The molecule has 1 aromatic heterocycles. The van der Waals surface area contributed by atoms with Crippen LogP contribution in [0.1, 0.15) is 21.5 Å². The van der Waals surface area contributed by atoms with Gasteiger partial charge >= 0.3 is 5.97 Å². The minimum absolute atomic E-state index is 0.0559. The second-order valence-corrected chi connectivity index (χ2v) is 7.88. The molecule has 5 rings (SSSR count). The van der Waals surface area contributed by atoms with Gasteiger partial charge in [-0.05, 0) is 54.3 Å². The molecule has 4 aromatic rings. The summed E-state index contributed by atoms with van der Waals surface area (Å²) < 4.78 is 35.9. The van der Waals surface area contributed by atoms with E-state index >= 15 is 4.39 Å². The number of aromatic nitrogens is 2. The monoisotopic (exact) mass is 435 g/mol. The highest BCUT2D eigenvalue weighted by Gasteiger charge is 2.22. The van der Waals surface area contributed by atoms with Crippen molar-refractivity contribution in [2.24, 2.45) is 0 Å².